The van der Waals surface area contributed by atoms with Crippen LogP contribution in [-0.4, -0.2) is 22.7 Å². The number of carbonyl (C=O) groups excluding carboxylic acids is 1. The van der Waals surface area contributed by atoms with Crippen molar-refractivity contribution >= 4 is 48.9 Å². The summed E-state index contributed by atoms with van der Waals surface area (Å²) in [6, 6.07) is 22.1. The van der Waals surface area contributed by atoms with Crippen molar-refractivity contribution < 1.29 is 26.0 Å². The third kappa shape index (κ3) is 4.55. The van der Waals surface area contributed by atoms with Gasteiger partial charge in [-0.2, -0.15) is 3.71 Å². The van der Waals surface area contributed by atoms with Crippen molar-refractivity contribution in [2.45, 2.75) is 22.1 Å². The van der Waals surface area contributed by atoms with Crippen molar-refractivity contribution in [3.05, 3.63) is 119 Å². The largest absolute Gasteiger partial charge is 0.325 e. The van der Waals surface area contributed by atoms with E-state index in [1.165, 1.54) is 54.6 Å². The SMILES string of the molecule is O=C(Nc1ccc(F)c(N(S(=O)(=O)c2ccccc2)S(=O)(=O)c2ccccc2)c1)C1Cc2c(Cl)cccc21. The second kappa shape index (κ2) is 9.86. The number of hydrogen-bond acceptors (Lipinski definition) is 5. The van der Waals surface area contributed by atoms with Crippen LogP contribution in [0.1, 0.15) is 17.0 Å². The number of sulfonamides is 2. The van der Waals surface area contributed by atoms with E-state index in [9.17, 15) is 21.6 Å². The summed E-state index contributed by atoms with van der Waals surface area (Å²) in [5.74, 6) is -2.03. The van der Waals surface area contributed by atoms with Crippen molar-refractivity contribution in [3.8, 4) is 0 Å². The molecule has 0 bridgehead atoms. The highest BCUT2D eigenvalue weighted by Crippen LogP contribution is 2.40. The van der Waals surface area contributed by atoms with E-state index in [0.29, 0.717) is 11.4 Å². The lowest BCUT2D eigenvalue weighted by molar-refractivity contribution is -0.118. The van der Waals surface area contributed by atoms with Gasteiger partial charge in [-0.3, -0.25) is 4.79 Å². The van der Waals surface area contributed by atoms with Crippen molar-refractivity contribution in [3.63, 3.8) is 0 Å². The summed E-state index contributed by atoms with van der Waals surface area (Å²) in [4.78, 5) is 12.3. The molecule has 0 aromatic heterocycles. The van der Waals surface area contributed by atoms with Crippen molar-refractivity contribution in [2.24, 2.45) is 0 Å². The zero-order chi connectivity index (χ0) is 27.1. The Morgan fingerprint density at radius 1 is 0.816 bits per heavy atom. The van der Waals surface area contributed by atoms with Crippen LogP contribution in [0.4, 0.5) is 15.8 Å². The van der Waals surface area contributed by atoms with Crippen LogP contribution >= 0.6 is 11.6 Å². The minimum Gasteiger partial charge on any atom is -0.325 e. The second-order valence-corrected chi connectivity index (χ2v) is 12.8. The minimum atomic E-state index is -4.80. The number of anilines is 2. The summed E-state index contributed by atoms with van der Waals surface area (Å²) in [7, 11) is -9.61. The first-order valence-corrected chi connectivity index (χ1v) is 14.6. The van der Waals surface area contributed by atoms with Gasteiger partial charge in [-0.05, 0) is 66.1 Å². The van der Waals surface area contributed by atoms with E-state index in [2.05, 4.69) is 5.32 Å². The van der Waals surface area contributed by atoms with E-state index in [4.69, 9.17) is 11.6 Å². The van der Waals surface area contributed by atoms with Gasteiger partial charge in [-0.15, -0.1) is 0 Å². The summed E-state index contributed by atoms with van der Waals surface area (Å²) in [5.41, 5.74) is 0.895. The van der Waals surface area contributed by atoms with E-state index in [0.717, 1.165) is 23.3 Å². The number of rotatable bonds is 7. The lowest BCUT2D eigenvalue weighted by Gasteiger charge is -2.30. The van der Waals surface area contributed by atoms with Crippen LogP contribution in [-0.2, 0) is 31.3 Å². The molecule has 5 rings (SSSR count). The van der Waals surface area contributed by atoms with Gasteiger partial charge in [0.25, 0.3) is 20.0 Å². The molecule has 1 aliphatic carbocycles. The van der Waals surface area contributed by atoms with Gasteiger partial charge in [0.1, 0.15) is 11.5 Å². The van der Waals surface area contributed by atoms with Gasteiger partial charge < -0.3 is 5.32 Å². The lowest BCUT2D eigenvalue weighted by Crippen LogP contribution is -2.37. The Morgan fingerprint density at radius 2 is 1.39 bits per heavy atom. The number of nitrogens with one attached hydrogen (secondary N) is 1. The van der Waals surface area contributed by atoms with Gasteiger partial charge in [-0.1, -0.05) is 60.1 Å². The predicted octanol–water partition coefficient (Wildman–Crippen LogP) is 5.34. The monoisotopic (exact) mass is 570 g/mol. The van der Waals surface area contributed by atoms with Gasteiger partial charge in [0.05, 0.1) is 15.7 Å². The Hall–Kier alpha value is -3.73. The summed E-state index contributed by atoms with van der Waals surface area (Å²) < 4.78 is 69.9. The minimum absolute atomic E-state index is 0.0263. The molecule has 1 N–H and O–H groups in total. The molecule has 0 heterocycles. The van der Waals surface area contributed by atoms with Crippen molar-refractivity contribution in [1.29, 1.82) is 0 Å². The average Bonchev–Trinajstić information content (AvgIpc) is 2.88. The number of carbonyl (C=O) groups is 1. The van der Waals surface area contributed by atoms with E-state index in [-0.39, 0.29) is 19.2 Å². The Kier molecular flexibility index (Phi) is 6.72. The quantitative estimate of drug-likeness (QED) is 0.323. The fourth-order valence-electron chi connectivity index (χ4n) is 4.26. The molecule has 11 heteroatoms. The fraction of sp³-hybridized carbons (Fsp3) is 0.0741. The smallest absolute Gasteiger partial charge is 0.277 e. The molecule has 194 valence electrons. The number of hydrogen-bond donors (Lipinski definition) is 1. The maximum absolute atomic E-state index is 15.2. The van der Waals surface area contributed by atoms with Crippen LogP contribution in [0.5, 0.6) is 0 Å². The first-order chi connectivity index (χ1) is 18.1. The first-order valence-electron chi connectivity index (χ1n) is 11.4. The molecule has 1 aliphatic rings. The molecule has 4 aromatic carbocycles. The van der Waals surface area contributed by atoms with Gasteiger partial charge >= 0.3 is 0 Å². The molecule has 1 unspecified atom stereocenters. The van der Waals surface area contributed by atoms with Gasteiger partial charge in [-0.25, -0.2) is 21.2 Å². The molecule has 0 fully saturated rings. The Morgan fingerprint density at radius 3 is 1.97 bits per heavy atom. The zero-order valence-corrected chi connectivity index (χ0v) is 22.0. The number of nitrogens with zero attached hydrogens (tertiary/aromatic N) is 1. The van der Waals surface area contributed by atoms with Gasteiger partial charge in [0.15, 0.2) is 0 Å². The molecule has 0 saturated heterocycles. The predicted molar refractivity (Wildman–Crippen MR) is 143 cm³/mol. The van der Waals surface area contributed by atoms with Crippen LogP contribution in [0.3, 0.4) is 0 Å². The van der Waals surface area contributed by atoms with E-state index in [1.807, 2.05) is 0 Å². The molecule has 4 aromatic rings. The average molecular weight is 571 g/mol. The molecule has 0 saturated carbocycles. The molecule has 1 atom stereocenters. The Balaban J connectivity index is 1.57. The molecule has 38 heavy (non-hydrogen) atoms. The van der Waals surface area contributed by atoms with E-state index < -0.39 is 43.4 Å². The first kappa shape index (κ1) is 25.9. The molecule has 0 aliphatic heterocycles. The Labute approximate surface area is 224 Å². The van der Waals surface area contributed by atoms with Gasteiger partial charge in [0, 0.05) is 10.7 Å². The van der Waals surface area contributed by atoms with Crippen LogP contribution < -0.4 is 9.03 Å². The van der Waals surface area contributed by atoms with Gasteiger partial charge in [0.2, 0.25) is 5.91 Å². The molecule has 0 spiro atoms. The van der Waals surface area contributed by atoms with Crippen LogP contribution in [0, 0.1) is 5.82 Å². The molecular formula is C27H20ClFN2O5S2. The fourth-order valence-corrected chi connectivity index (χ4v) is 8.25. The van der Waals surface area contributed by atoms with E-state index >= 15 is 4.39 Å². The normalized spacial score (nSPS) is 14.7. The highest BCUT2D eigenvalue weighted by Gasteiger charge is 2.39. The Bertz CT molecular complexity index is 1680. The summed E-state index contributed by atoms with van der Waals surface area (Å²) in [6.45, 7) is 0. The van der Waals surface area contributed by atoms with E-state index in [1.54, 1.807) is 30.3 Å². The highest BCUT2D eigenvalue weighted by molar-refractivity contribution is 8.10. The number of amides is 1. The molecule has 0 radical (unpaired) electrons. The standard InChI is InChI=1S/C27H20ClFN2O5S2/c28-24-13-7-12-21-22(24)17-23(21)27(32)30-18-14-15-25(29)26(16-18)31(37(33,34)19-8-3-1-4-9-19)38(35,36)20-10-5-2-6-11-20/h1-16,23H,17H2,(H,30,32). The third-order valence-electron chi connectivity index (χ3n) is 6.18. The van der Waals surface area contributed by atoms with Crippen LogP contribution in [0.2, 0.25) is 5.02 Å². The number of fused-ring (bicyclic) bond motifs is 1. The highest BCUT2D eigenvalue weighted by atomic mass is 35.5. The zero-order valence-electron chi connectivity index (χ0n) is 19.6. The van der Waals surface area contributed by atoms with Crippen molar-refractivity contribution in [1.82, 2.24) is 0 Å². The molecular weight excluding hydrogens is 551 g/mol. The number of halogens is 2. The topological polar surface area (TPSA) is 101 Å². The maximum Gasteiger partial charge on any atom is 0.277 e. The summed E-state index contributed by atoms with van der Waals surface area (Å²) >= 11 is 6.16. The van der Waals surface area contributed by atoms with Crippen LogP contribution in [0.15, 0.2) is 107 Å². The second-order valence-electron chi connectivity index (χ2n) is 8.55. The van der Waals surface area contributed by atoms with Crippen molar-refractivity contribution in [2.75, 3.05) is 9.03 Å². The summed E-state index contributed by atoms with van der Waals surface area (Å²) in [6.07, 6.45) is 0.409. The third-order valence-corrected chi connectivity index (χ3v) is 10.7. The molecule has 7 nitrogen and oxygen atoms in total. The van der Waals surface area contributed by atoms with Crippen LogP contribution in [0.25, 0.3) is 0 Å². The molecule has 1 amide bonds. The maximum atomic E-state index is 15.2. The number of benzene rings is 4. The lowest BCUT2D eigenvalue weighted by atomic mass is 9.77. The summed E-state index contributed by atoms with van der Waals surface area (Å²) in [5, 5.41) is 3.20.